The summed E-state index contributed by atoms with van der Waals surface area (Å²) in [6, 6.07) is 1.44. The van der Waals surface area contributed by atoms with Gasteiger partial charge in [0.2, 0.25) is 0 Å². The van der Waals surface area contributed by atoms with Crippen LogP contribution >= 0.6 is 0 Å². The molecule has 1 aromatic rings. The molecule has 6 heteroatoms. The van der Waals surface area contributed by atoms with Gasteiger partial charge in [0.05, 0.1) is 0 Å². The first kappa shape index (κ1) is 12.9. The monoisotopic (exact) mass is 258 g/mol. The van der Waals surface area contributed by atoms with Crippen molar-refractivity contribution in [3.05, 3.63) is 35.1 Å². The Morgan fingerprint density at radius 3 is 2.44 bits per heavy atom. The lowest BCUT2D eigenvalue weighted by atomic mass is 10.1. The number of nitrogens with zero attached hydrogens (tertiary/aromatic N) is 1. The molecule has 1 aliphatic heterocycles. The van der Waals surface area contributed by atoms with Crippen molar-refractivity contribution in [1.82, 2.24) is 4.90 Å². The second-order valence-corrected chi connectivity index (χ2v) is 4.40. The summed E-state index contributed by atoms with van der Waals surface area (Å²) in [7, 11) is 0. The lowest BCUT2D eigenvalue weighted by Gasteiger charge is -2.16. The van der Waals surface area contributed by atoms with Crippen LogP contribution in [-0.4, -0.2) is 30.4 Å². The molecule has 1 amide bonds. The topological polar surface area (TPSA) is 46.3 Å². The van der Waals surface area contributed by atoms with Crippen molar-refractivity contribution in [2.24, 2.45) is 11.7 Å². The van der Waals surface area contributed by atoms with E-state index in [4.69, 9.17) is 5.73 Å². The molecule has 3 nitrogen and oxygen atoms in total. The fourth-order valence-electron chi connectivity index (χ4n) is 2.07. The van der Waals surface area contributed by atoms with Crippen molar-refractivity contribution in [1.29, 1.82) is 0 Å². The first-order chi connectivity index (χ1) is 8.52. The Hall–Kier alpha value is -1.56. The molecule has 2 rings (SSSR count). The average Bonchev–Trinajstić information content (AvgIpc) is 2.83. The molecule has 1 heterocycles. The molecule has 1 aliphatic rings. The number of halogens is 3. The van der Waals surface area contributed by atoms with Crippen LogP contribution in [0.15, 0.2) is 12.1 Å². The smallest absolute Gasteiger partial charge is 0.254 e. The maximum Gasteiger partial charge on any atom is 0.254 e. The molecule has 0 radical (unpaired) electrons. The molecular formula is C12H13F3N2O. The predicted molar refractivity (Wildman–Crippen MR) is 59.4 cm³/mol. The van der Waals surface area contributed by atoms with E-state index in [1.165, 1.54) is 4.90 Å². The third kappa shape index (κ3) is 2.33. The molecule has 0 aromatic heterocycles. The predicted octanol–water partition coefficient (Wildman–Crippen LogP) is 1.52. The minimum Gasteiger partial charge on any atom is -0.338 e. The van der Waals surface area contributed by atoms with Gasteiger partial charge in [-0.1, -0.05) is 0 Å². The van der Waals surface area contributed by atoms with Crippen molar-refractivity contribution in [2.45, 2.75) is 6.42 Å². The summed E-state index contributed by atoms with van der Waals surface area (Å²) in [6.07, 6.45) is 0.772. The number of hydrogen-bond acceptors (Lipinski definition) is 2. The number of carbonyl (C=O) groups is 1. The summed E-state index contributed by atoms with van der Waals surface area (Å²) in [4.78, 5) is 13.4. The first-order valence-corrected chi connectivity index (χ1v) is 5.66. The number of amides is 1. The molecular weight excluding hydrogens is 245 g/mol. The van der Waals surface area contributed by atoms with E-state index in [0.717, 1.165) is 18.6 Å². The van der Waals surface area contributed by atoms with Gasteiger partial charge in [0.1, 0.15) is 0 Å². The molecule has 1 unspecified atom stereocenters. The van der Waals surface area contributed by atoms with E-state index in [-0.39, 0.29) is 11.5 Å². The molecule has 0 saturated carbocycles. The normalized spacial score (nSPS) is 19.3. The Morgan fingerprint density at radius 2 is 1.94 bits per heavy atom. The highest BCUT2D eigenvalue weighted by Gasteiger charge is 2.27. The Kier molecular flexibility index (Phi) is 3.56. The summed E-state index contributed by atoms with van der Waals surface area (Å²) < 4.78 is 38.8. The highest BCUT2D eigenvalue weighted by Crippen LogP contribution is 2.20. The van der Waals surface area contributed by atoms with E-state index in [9.17, 15) is 18.0 Å². The summed E-state index contributed by atoms with van der Waals surface area (Å²) in [5.41, 5.74) is 5.32. The third-order valence-corrected chi connectivity index (χ3v) is 3.14. The summed E-state index contributed by atoms with van der Waals surface area (Å²) in [6.45, 7) is 1.44. The third-order valence-electron chi connectivity index (χ3n) is 3.14. The zero-order valence-electron chi connectivity index (χ0n) is 9.63. The van der Waals surface area contributed by atoms with Crippen molar-refractivity contribution in [3.63, 3.8) is 0 Å². The SMILES string of the molecule is NCC1CCN(C(=O)c2cc(F)c(F)c(F)c2)C1. The van der Waals surface area contributed by atoms with Gasteiger partial charge in [-0.2, -0.15) is 0 Å². The van der Waals surface area contributed by atoms with Gasteiger partial charge in [-0.05, 0) is 31.0 Å². The van der Waals surface area contributed by atoms with Crippen LogP contribution in [0.5, 0.6) is 0 Å². The fraction of sp³-hybridized carbons (Fsp3) is 0.417. The maximum atomic E-state index is 13.0. The molecule has 1 saturated heterocycles. The minimum atomic E-state index is -1.56. The molecule has 2 N–H and O–H groups in total. The highest BCUT2D eigenvalue weighted by molar-refractivity contribution is 5.94. The van der Waals surface area contributed by atoms with Gasteiger partial charge < -0.3 is 10.6 Å². The molecule has 0 spiro atoms. The molecule has 98 valence electrons. The van der Waals surface area contributed by atoms with Crippen LogP contribution in [0, 0.1) is 23.4 Å². The number of benzene rings is 1. The zero-order valence-corrected chi connectivity index (χ0v) is 9.63. The largest absolute Gasteiger partial charge is 0.338 e. The molecule has 0 bridgehead atoms. The van der Waals surface area contributed by atoms with Crippen LogP contribution in [0.1, 0.15) is 16.8 Å². The Balaban J connectivity index is 2.19. The fourth-order valence-corrected chi connectivity index (χ4v) is 2.07. The lowest BCUT2D eigenvalue weighted by Crippen LogP contribution is -2.30. The average molecular weight is 258 g/mol. The van der Waals surface area contributed by atoms with Gasteiger partial charge in [-0.15, -0.1) is 0 Å². The second kappa shape index (κ2) is 4.97. The quantitative estimate of drug-likeness (QED) is 0.818. The van der Waals surface area contributed by atoms with E-state index >= 15 is 0 Å². The molecule has 1 aromatic carbocycles. The number of hydrogen-bond donors (Lipinski definition) is 1. The van der Waals surface area contributed by atoms with E-state index < -0.39 is 23.4 Å². The van der Waals surface area contributed by atoms with Crippen LogP contribution in [0.2, 0.25) is 0 Å². The van der Waals surface area contributed by atoms with Gasteiger partial charge in [-0.3, -0.25) is 4.79 Å². The van der Waals surface area contributed by atoms with Gasteiger partial charge in [-0.25, -0.2) is 13.2 Å². The Morgan fingerprint density at radius 1 is 1.33 bits per heavy atom. The van der Waals surface area contributed by atoms with Crippen LogP contribution < -0.4 is 5.73 Å². The number of carbonyl (C=O) groups excluding carboxylic acids is 1. The highest BCUT2D eigenvalue weighted by atomic mass is 19.2. The van der Waals surface area contributed by atoms with Crippen molar-refractivity contribution >= 4 is 5.91 Å². The zero-order chi connectivity index (χ0) is 13.3. The van der Waals surface area contributed by atoms with Gasteiger partial charge in [0, 0.05) is 18.7 Å². The van der Waals surface area contributed by atoms with Crippen molar-refractivity contribution < 1.29 is 18.0 Å². The second-order valence-electron chi connectivity index (χ2n) is 4.40. The molecule has 0 aliphatic carbocycles. The van der Waals surface area contributed by atoms with Gasteiger partial charge in [0.15, 0.2) is 17.5 Å². The van der Waals surface area contributed by atoms with E-state index in [1.54, 1.807) is 0 Å². The van der Waals surface area contributed by atoms with Crippen LogP contribution in [0.25, 0.3) is 0 Å². The van der Waals surface area contributed by atoms with Gasteiger partial charge >= 0.3 is 0 Å². The minimum absolute atomic E-state index is 0.177. The lowest BCUT2D eigenvalue weighted by molar-refractivity contribution is 0.0786. The Bertz CT molecular complexity index is 455. The standard InChI is InChI=1S/C12H13F3N2O/c13-9-3-8(4-10(14)11(9)15)12(18)17-2-1-7(5-16)6-17/h3-4,7H,1-2,5-6,16H2. The maximum absolute atomic E-state index is 13.0. The molecule has 18 heavy (non-hydrogen) atoms. The van der Waals surface area contributed by atoms with Crippen LogP contribution in [0.3, 0.4) is 0 Å². The molecule has 1 fully saturated rings. The number of likely N-dealkylation sites (tertiary alicyclic amines) is 1. The summed E-state index contributed by atoms with van der Waals surface area (Å²) in [5.74, 6) is -4.55. The summed E-state index contributed by atoms with van der Waals surface area (Å²) in [5, 5.41) is 0. The van der Waals surface area contributed by atoms with Gasteiger partial charge in [0.25, 0.3) is 5.91 Å². The summed E-state index contributed by atoms with van der Waals surface area (Å²) >= 11 is 0. The van der Waals surface area contributed by atoms with Crippen molar-refractivity contribution in [3.8, 4) is 0 Å². The van der Waals surface area contributed by atoms with E-state index in [2.05, 4.69) is 0 Å². The van der Waals surface area contributed by atoms with Crippen LogP contribution in [0.4, 0.5) is 13.2 Å². The number of nitrogens with two attached hydrogens (primary N) is 1. The van der Waals surface area contributed by atoms with Crippen molar-refractivity contribution in [2.75, 3.05) is 19.6 Å². The number of rotatable bonds is 2. The van der Waals surface area contributed by atoms with Crippen LogP contribution in [-0.2, 0) is 0 Å². The van der Waals surface area contributed by atoms with E-state index in [0.29, 0.717) is 19.6 Å². The first-order valence-electron chi connectivity index (χ1n) is 5.66. The molecule has 1 atom stereocenters. The Labute approximate surface area is 102 Å². The van der Waals surface area contributed by atoms with E-state index in [1.807, 2.05) is 0 Å².